The summed E-state index contributed by atoms with van der Waals surface area (Å²) in [6, 6.07) is 15.7. The molecule has 6 heteroatoms. The topological polar surface area (TPSA) is 67.9 Å². The molecule has 190 valence electrons. The SMILES string of the molecule is CCCCCCCNC(=O)N(C)c1cccc(-c2ccc(/C(C)=C(\OCC)C(=O)OCC)cc2)c1. The predicted octanol–water partition coefficient (Wildman–Crippen LogP) is 6.80. The second-order valence-electron chi connectivity index (χ2n) is 8.44. The summed E-state index contributed by atoms with van der Waals surface area (Å²) in [5.74, 6) is -0.215. The quantitative estimate of drug-likeness (QED) is 0.148. The number of nitrogens with zero attached hydrogens (tertiary/aromatic N) is 1. The van der Waals surface area contributed by atoms with Crippen LogP contribution < -0.4 is 10.2 Å². The third kappa shape index (κ3) is 8.46. The van der Waals surface area contributed by atoms with E-state index >= 15 is 0 Å². The standard InChI is InChI=1S/C29H40N2O4/c1-6-9-10-11-12-20-30-29(33)31(5)26-15-13-14-25(21-26)24-18-16-23(17-19-24)22(4)27(34-7-2)28(32)35-8-3/h13-19,21H,6-12,20H2,1-5H3,(H,30,33)/b27-22-. The van der Waals surface area contributed by atoms with Crippen molar-refractivity contribution in [3.05, 3.63) is 59.9 Å². The molecule has 0 bridgehead atoms. The van der Waals surface area contributed by atoms with Gasteiger partial charge in [-0.05, 0) is 56.0 Å². The highest BCUT2D eigenvalue weighted by Gasteiger charge is 2.17. The van der Waals surface area contributed by atoms with Gasteiger partial charge in [-0.15, -0.1) is 0 Å². The molecule has 35 heavy (non-hydrogen) atoms. The average molecular weight is 481 g/mol. The first kappa shape index (κ1) is 28.0. The molecule has 0 aliphatic rings. The number of unbranched alkanes of at least 4 members (excludes halogenated alkanes) is 4. The van der Waals surface area contributed by atoms with Crippen molar-refractivity contribution in [2.75, 3.05) is 31.7 Å². The molecule has 0 heterocycles. The van der Waals surface area contributed by atoms with Crippen molar-refractivity contribution in [1.82, 2.24) is 5.32 Å². The van der Waals surface area contributed by atoms with Crippen molar-refractivity contribution in [3.63, 3.8) is 0 Å². The average Bonchev–Trinajstić information content (AvgIpc) is 2.88. The molecule has 0 atom stereocenters. The summed E-state index contributed by atoms with van der Waals surface area (Å²) < 4.78 is 10.7. The Kier molecular flexibility index (Phi) is 11.9. The van der Waals surface area contributed by atoms with Gasteiger partial charge in [-0.3, -0.25) is 4.90 Å². The lowest BCUT2D eigenvalue weighted by Gasteiger charge is -2.19. The van der Waals surface area contributed by atoms with Gasteiger partial charge in [0.1, 0.15) is 0 Å². The molecule has 0 radical (unpaired) electrons. The number of hydrogen-bond donors (Lipinski definition) is 1. The van der Waals surface area contributed by atoms with Gasteiger partial charge >= 0.3 is 12.0 Å². The van der Waals surface area contributed by atoms with E-state index in [1.165, 1.54) is 19.3 Å². The van der Waals surface area contributed by atoms with Crippen molar-refractivity contribution in [2.24, 2.45) is 0 Å². The number of carbonyl (C=O) groups is 2. The van der Waals surface area contributed by atoms with E-state index in [9.17, 15) is 9.59 Å². The van der Waals surface area contributed by atoms with Crippen LogP contribution in [-0.4, -0.2) is 38.8 Å². The molecular formula is C29H40N2O4. The Morgan fingerprint density at radius 1 is 0.857 bits per heavy atom. The van der Waals surface area contributed by atoms with Crippen LogP contribution in [0.3, 0.4) is 0 Å². The molecule has 0 saturated carbocycles. The van der Waals surface area contributed by atoms with Gasteiger partial charge in [-0.2, -0.15) is 0 Å². The van der Waals surface area contributed by atoms with Crippen molar-refractivity contribution in [2.45, 2.75) is 59.8 Å². The number of anilines is 1. The molecule has 2 aromatic rings. The summed E-state index contributed by atoms with van der Waals surface area (Å²) in [4.78, 5) is 26.5. The fraction of sp³-hybridized carbons (Fsp3) is 0.448. The van der Waals surface area contributed by atoms with Gasteiger partial charge in [0.25, 0.3) is 0 Å². The van der Waals surface area contributed by atoms with E-state index in [2.05, 4.69) is 12.2 Å². The molecule has 0 fully saturated rings. The van der Waals surface area contributed by atoms with Gasteiger partial charge in [-0.25, -0.2) is 9.59 Å². The first-order chi connectivity index (χ1) is 16.9. The van der Waals surface area contributed by atoms with Crippen LogP contribution in [0.2, 0.25) is 0 Å². The monoisotopic (exact) mass is 480 g/mol. The van der Waals surface area contributed by atoms with E-state index in [1.54, 1.807) is 18.9 Å². The number of amides is 2. The molecule has 2 aromatic carbocycles. The number of hydrogen-bond acceptors (Lipinski definition) is 4. The maximum absolute atomic E-state index is 12.6. The number of nitrogens with one attached hydrogen (secondary N) is 1. The van der Waals surface area contributed by atoms with E-state index < -0.39 is 5.97 Å². The van der Waals surface area contributed by atoms with E-state index in [1.807, 2.05) is 62.4 Å². The number of ether oxygens (including phenoxy) is 2. The molecule has 0 aliphatic heterocycles. The van der Waals surface area contributed by atoms with E-state index in [0.29, 0.717) is 19.8 Å². The molecular weight excluding hydrogens is 440 g/mol. The molecule has 0 aliphatic carbocycles. The molecule has 0 spiro atoms. The lowest BCUT2D eigenvalue weighted by molar-refractivity contribution is -0.142. The number of urea groups is 1. The van der Waals surface area contributed by atoms with Crippen LogP contribution in [0.5, 0.6) is 0 Å². The Hall–Kier alpha value is -3.28. The summed E-state index contributed by atoms with van der Waals surface area (Å²) in [6.45, 7) is 9.04. The van der Waals surface area contributed by atoms with Crippen LogP contribution >= 0.6 is 0 Å². The Labute approximate surface area is 210 Å². The van der Waals surface area contributed by atoms with Gasteiger partial charge in [0, 0.05) is 24.9 Å². The number of allylic oxidation sites excluding steroid dienone is 1. The van der Waals surface area contributed by atoms with Crippen LogP contribution in [0.25, 0.3) is 16.7 Å². The zero-order valence-electron chi connectivity index (χ0n) is 21.9. The molecule has 2 amide bonds. The van der Waals surface area contributed by atoms with Crippen molar-refractivity contribution in [3.8, 4) is 11.1 Å². The van der Waals surface area contributed by atoms with E-state index in [0.717, 1.165) is 40.8 Å². The van der Waals surface area contributed by atoms with Crippen molar-refractivity contribution in [1.29, 1.82) is 0 Å². The van der Waals surface area contributed by atoms with Gasteiger partial charge in [0.2, 0.25) is 5.76 Å². The van der Waals surface area contributed by atoms with Gasteiger partial charge in [0.15, 0.2) is 0 Å². The zero-order valence-corrected chi connectivity index (χ0v) is 21.9. The molecule has 0 saturated heterocycles. The lowest BCUT2D eigenvalue weighted by atomic mass is 10.00. The molecule has 2 rings (SSSR count). The van der Waals surface area contributed by atoms with Gasteiger partial charge in [-0.1, -0.05) is 69.0 Å². The van der Waals surface area contributed by atoms with Gasteiger partial charge in [0.05, 0.1) is 13.2 Å². The summed E-state index contributed by atoms with van der Waals surface area (Å²) in [5.41, 5.74) is 4.47. The lowest BCUT2D eigenvalue weighted by Crippen LogP contribution is -2.37. The van der Waals surface area contributed by atoms with Crippen LogP contribution in [0, 0.1) is 0 Å². The molecule has 0 unspecified atom stereocenters. The van der Waals surface area contributed by atoms with Crippen LogP contribution in [0.15, 0.2) is 54.3 Å². The number of carbonyl (C=O) groups excluding carboxylic acids is 2. The normalized spacial score (nSPS) is 11.5. The van der Waals surface area contributed by atoms with Crippen LogP contribution in [0.4, 0.5) is 10.5 Å². The Morgan fingerprint density at radius 3 is 2.20 bits per heavy atom. The maximum Gasteiger partial charge on any atom is 0.373 e. The van der Waals surface area contributed by atoms with E-state index in [4.69, 9.17) is 9.47 Å². The number of rotatable bonds is 13. The summed E-state index contributed by atoms with van der Waals surface area (Å²) >= 11 is 0. The van der Waals surface area contributed by atoms with Crippen LogP contribution in [0.1, 0.15) is 65.4 Å². The highest BCUT2D eigenvalue weighted by molar-refractivity contribution is 5.95. The fourth-order valence-electron chi connectivity index (χ4n) is 3.76. The fourth-order valence-corrected chi connectivity index (χ4v) is 3.76. The Morgan fingerprint density at radius 2 is 1.54 bits per heavy atom. The summed E-state index contributed by atoms with van der Waals surface area (Å²) in [5, 5.41) is 3.01. The zero-order chi connectivity index (χ0) is 25.6. The van der Waals surface area contributed by atoms with Gasteiger partial charge < -0.3 is 14.8 Å². The first-order valence-electron chi connectivity index (χ1n) is 12.7. The maximum atomic E-state index is 12.6. The number of esters is 1. The highest BCUT2D eigenvalue weighted by atomic mass is 16.6. The first-order valence-corrected chi connectivity index (χ1v) is 12.7. The third-order valence-corrected chi connectivity index (χ3v) is 5.84. The molecule has 0 aromatic heterocycles. The smallest absolute Gasteiger partial charge is 0.373 e. The van der Waals surface area contributed by atoms with Crippen molar-refractivity contribution >= 4 is 23.3 Å². The number of benzene rings is 2. The second-order valence-corrected chi connectivity index (χ2v) is 8.44. The molecule has 6 nitrogen and oxygen atoms in total. The summed E-state index contributed by atoms with van der Waals surface area (Å²) in [6.07, 6.45) is 5.82. The minimum absolute atomic E-state index is 0.101. The minimum Gasteiger partial charge on any atom is -0.487 e. The van der Waals surface area contributed by atoms with Crippen molar-refractivity contribution < 1.29 is 19.1 Å². The second kappa shape index (κ2) is 14.9. The Balaban J connectivity index is 2.11. The largest absolute Gasteiger partial charge is 0.487 e. The Bertz CT molecular complexity index is 982. The van der Waals surface area contributed by atoms with Crippen LogP contribution in [-0.2, 0) is 14.3 Å². The third-order valence-electron chi connectivity index (χ3n) is 5.84. The minimum atomic E-state index is -0.453. The summed E-state index contributed by atoms with van der Waals surface area (Å²) in [7, 11) is 1.79. The van der Waals surface area contributed by atoms with E-state index in [-0.39, 0.29) is 11.8 Å². The predicted molar refractivity (Wildman–Crippen MR) is 143 cm³/mol. The molecule has 1 N–H and O–H groups in total. The highest BCUT2D eigenvalue weighted by Crippen LogP contribution is 2.27.